The Morgan fingerprint density at radius 3 is 2.94 bits per heavy atom. The largest absolute Gasteiger partial charge is 0.464 e. The molecule has 0 bridgehead atoms. The number of anilines is 2. The van der Waals surface area contributed by atoms with Gasteiger partial charge in [0, 0.05) is 23.8 Å². The number of hydrogen-bond acceptors (Lipinski definition) is 8. The van der Waals surface area contributed by atoms with Crippen LogP contribution in [-0.2, 0) is 11.4 Å². The predicted molar refractivity (Wildman–Crippen MR) is 118 cm³/mol. The van der Waals surface area contributed by atoms with Crippen molar-refractivity contribution in [3.05, 3.63) is 58.7 Å². The highest BCUT2D eigenvalue weighted by Gasteiger charge is 2.28. The van der Waals surface area contributed by atoms with Gasteiger partial charge >= 0.3 is 0 Å². The molecule has 1 saturated heterocycles. The molecule has 1 aliphatic rings. The number of nitrogens with one attached hydrogen (secondary N) is 2. The summed E-state index contributed by atoms with van der Waals surface area (Å²) in [4.78, 5) is 30.9. The number of hydrogen-bond donors (Lipinski definition) is 2. The summed E-state index contributed by atoms with van der Waals surface area (Å²) < 4.78 is 5.63. The average Bonchev–Trinajstić information content (AvgIpc) is 3.22. The Morgan fingerprint density at radius 2 is 2.13 bits per heavy atom. The van der Waals surface area contributed by atoms with Crippen LogP contribution in [-0.4, -0.2) is 46.1 Å². The van der Waals surface area contributed by atoms with E-state index in [9.17, 15) is 9.59 Å². The number of piperazine rings is 1. The smallest absolute Gasteiger partial charge is 0.296 e. The lowest BCUT2D eigenvalue weighted by molar-refractivity contribution is -0.120. The molecule has 0 radical (unpaired) electrons. The standard InChI is InChI=1S/C20H19ClN6O3S/c1-12-9-23-16(28)10-27(12)17-15(3-2-8-22-17)18(29)24-19-25-26-20(31-19)30-11-13-4-6-14(21)7-5-13/h2-8,12H,9-11H2,1H3,(H,23,28)(H,24,25,29)/t12-/m1/s1. The van der Waals surface area contributed by atoms with E-state index < -0.39 is 0 Å². The minimum Gasteiger partial charge on any atom is -0.464 e. The third-order valence-electron chi connectivity index (χ3n) is 4.65. The van der Waals surface area contributed by atoms with Crippen LogP contribution in [0.5, 0.6) is 5.19 Å². The van der Waals surface area contributed by atoms with Crippen molar-refractivity contribution >= 4 is 45.7 Å². The second kappa shape index (κ2) is 9.27. The molecule has 2 N–H and O–H groups in total. The van der Waals surface area contributed by atoms with Crippen LogP contribution in [0.1, 0.15) is 22.8 Å². The van der Waals surface area contributed by atoms with Crippen LogP contribution < -0.4 is 20.3 Å². The predicted octanol–water partition coefficient (Wildman–Crippen LogP) is 2.74. The van der Waals surface area contributed by atoms with Crippen LogP contribution in [0.3, 0.4) is 0 Å². The first-order valence-electron chi connectivity index (χ1n) is 9.50. The van der Waals surface area contributed by atoms with Crippen molar-refractivity contribution in [1.82, 2.24) is 20.5 Å². The molecule has 3 aromatic rings. The van der Waals surface area contributed by atoms with E-state index in [1.54, 1.807) is 30.5 Å². The van der Waals surface area contributed by atoms with Crippen molar-refractivity contribution < 1.29 is 14.3 Å². The lowest BCUT2D eigenvalue weighted by Gasteiger charge is -2.34. The molecule has 1 aliphatic heterocycles. The Bertz CT molecular complexity index is 1090. The van der Waals surface area contributed by atoms with E-state index in [2.05, 4.69) is 25.8 Å². The van der Waals surface area contributed by atoms with Crippen LogP contribution in [0.15, 0.2) is 42.6 Å². The molecular weight excluding hydrogens is 440 g/mol. The van der Waals surface area contributed by atoms with E-state index >= 15 is 0 Å². The molecule has 3 heterocycles. The second-order valence-corrected chi connectivity index (χ2v) is 8.27. The van der Waals surface area contributed by atoms with Gasteiger partial charge in [-0.3, -0.25) is 14.9 Å². The van der Waals surface area contributed by atoms with Gasteiger partial charge in [0.25, 0.3) is 11.1 Å². The summed E-state index contributed by atoms with van der Waals surface area (Å²) in [5, 5.41) is 14.7. The van der Waals surface area contributed by atoms with E-state index in [0.29, 0.717) is 39.9 Å². The summed E-state index contributed by atoms with van der Waals surface area (Å²) in [5.41, 5.74) is 1.28. The van der Waals surface area contributed by atoms with E-state index in [4.69, 9.17) is 16.3 Å². The van der Waals surface area contributed by atoms with Crippen LogP contribution in [0.25, 0.3) is 0 Å². The van der Waals surface area contributed by atoms with Gasteiger partial charge in [-0.05, 0) is 48.1 Å². The quantitative estimate of drug-likeness (QED) is 0.584. The molecule has 1 atom stereocenters. The molecule has 2 amide bonds. The molecule has 4 rings (SSSR count). The second-order valence-electron chi connectivity index (χ2n) is 6.90. The highest BCUT2D eigenvalue weighted by Crippen LogP contribution is 2.26. The first kappa shape index (κ1) is 21.0. The summed E-state index contributed by atoms with van der Waals surface area (Å²) in [5.74, 6) is -0.0468. The number of amides is 2. The lowest BCUT2D eigenvalue weighted by Crippen LogP contribution is -2.53. The third-order valence-corrected chi connectivity index (χ3v) is 5.65. The van der Waals surface area contributed by atoms with Gasteiger partial charge in [0.1, 0.15) is 12.4 Å². The summed E-state index contributed by atoms with van der Waals surface area (Å²) in [6, 6.07) is 10.6. The molecule has 9 nitrogen and oxygen atoms in total. The maximum Gasteiger partial charge on any atom is 0.296 e. The normalized spacial score (nSPS) is 16.0. The number of benzene rings is 1. The van der Waals surface area contributed by atoms with Crippen molar-refractivity contribution in [1.29, 1.82) is 0 Å². The number of carbonyl (C=O) groups excluding carboxylic acids is 2. The molecule has 0 spiro atoms. The Hall–Kier alpha value is -3.24. The van der Waals surface area contributed by atoms with Gasteiger partial charge < -0.3 is 15.0 Å². The van der Waals surface area contributed by atoms with Crippen molar-refractivity contribution in [2.75, 3.05) is 23.3 Å². The minimum absolute atomic E-state index is 0.00792. The van der Waals surface area contributed by atoms with Gasteiger partial charge in [0.2, 0.25) is 11.0 Å². The number of halogens is 1. The Kier molecular flexibility index (Phi) is 6.28. The fraction of sp³-hybridized carbons (Fsp3) is 0.250. The Balaban J connectivity index is 1.43. The van der Waals surface area contributed by atoms with Crippen molar-refractivity contribution in [3.63, 3.8) is 0 Å². The van der Waals surface area contributed by atoms with Crippen molar-refractivity contribution in [3.8, 4) is 5.19 Å². The van der Waals surface area contributed by atoms with E-state index in [-0.39, 0.29) is 24.4 Å². The molecule has 31 heavy (non-hydrogen) atoms. The van der Waals surface area contributed by atoms with Gasteiger partial charge in [-0.1, -0.05) is 28.8 Å². The first-order chi connectivity index (χ1) is 15.0. The molecular formula is C20H19ClN6O3S. The van der Waals surface area contributed by atoms with Crippen molar-refractivity contribution in [2.45, 2.75) is 19.6 Å². The molecule has 1 fully saturated rings. The average molecular weight is 459 g/mol. The van der Waals surface area contributed by atoms with Crippen LogP contribution >= 0.6 is 22.9 Å². The number of pyridine rings is 1. The van der Waals surface area contributed by atoms with E-state index in [0.717, 1.165) is 16.9 Å². The lowest BCUT2D eigenvalue weighted by atomic mass is 10.1. The fourth-order valence-corrected chi connectivity index (χ4v) is 3.75. The Morgan fingerprint density at radius 1 is 1.32 bits per heavy atom. The van der Waals surface area contributed by atoms with Crippen LogP contribution in [0.4, 0.5) is 10.9 Å². The third kappa shape index (κ3) is 5.09. The first-order valence-corrected chi connectivity index (χ1v) is 10.7. The number of ether oxygens (including phenoxy) is 1. The maximum atomic E-state index is 12.9. The van der Waals surface area contributed by atoms with Crippen molar-refractivity contribution in [2.24, 2.45) is 0 Å². The zero-order valence-electron chi connectivity index (χ0n) is 16.5. The van der Waals surface area contributed by atoms with Gasteiger partial charge in [-0.25, -0.2) is 4.98 Å². The number of aromatic nitrogens is 3. The van der Waals surface area contributed by atoms with Gasteiger partial charge in [-0.2, -0.15) is 0 Å². The minimum atomic E-state index is -0.387. The number of nitrogens with zero attached hydrogens (tertiary/aromatic N) is 4. The van der Waals surface area contributed by atoms with E-state index in [1.165, 1.54) is 0 Å². The summed E-state index contributed by atoms with van der Waals surface area (Å²) in [6.45, 7) is 2.90. The Labute approximate surface area is 187 Å². The zero-order chi connectivity index (χ0) is 21.8. The highest BCUT2D eigenvalue weighted by atomic mass is 35.5. The molecule has 2 aromatic heterocycles. The number of rotatable bonds is 6. The summed E-state index contributed by atoms with van der Waals surface area (Å²) >= 11 is 7.00. The molecule has 1 aromatic carbocycles. The van der Waals surface area contributed by atoms with E-state index in [1.807, 2.05) is 24.0 Å². The maximum absolute atomic E-state index is 12.9. The van der Waals surface area contributed by atoms with Gasteiger partial charge in [0.05, 0.1) is 12.1 Å². The molecule has 11 heteroatoms. The summed E-state index contributed by atoms with van der Waals surface area (Å²) in [6.07, 6.45) is 1.60. The monoisotopic (exact) mass is 458 g/mol. The van der Waals surface area contributed by atoms with Gasteiger partial charge in [-0.15, -0.1) is 5.10 Å². The summed E-state index contributed by atoms with van der Waals surface area (Å²) in [7, 11) is 0. The zero-order valence-corrected chi connectivity index (χ0v) is 18.1. The molecule has 0 unspecified atom stereocenters. The van der Waals surface area contributed by atoms with Crippen LogP contribution in [0, 0.1) is 0 Å². The van der Waals surface area contributed by atoms with Crippen LogP contribution in [0.2, 0.25) is 5.02 Å². The molecule has 0 aliphatic carbocycles. The highest BCUT2D eigenvalue weighted by molar-refractivity contribution is 7.17. The SMILES string of the molecule is C[C@@H]1CNC(=O)CN1c1ncccc1C(=O)Nc1nnc(OCc2ccc(Cl)cc2)s1. The molecule has 160 valence electrons. The molecule has 0 saturated carbocycles. The fourth-order valence-electron chi connectivity index (χ4n) is 3.03. The van der Waals surface area contributed by atoms with Gasteiger partial charge in [0.15, 0.2) is 0 Å². The number of carbonyl (C=O) groups is 2. The topological polar surface area (TPSA) is 109 Å².